The molecule has 1 atom stereocenters. The van der Waals surface area contributed by atoms with Crippen LogP contribution >= 0.6 is 0 Å². The monoisotopic (exact) mass is 264 g/mol. The summed E-state index contributed by atoms with van der Waals surface area (Å²) in [5.74, 6) is -0.569. The number of amides is 1. The van der Waals surface area contributed by atoms with Gasteiger partial charge < -0.3 is 5.32 Å². The first-order valence-corrected chi connectivity index (χ1v) is 7.39. The molecule has 1 N–H and O–H groups in total. The molecule has 0 bridgehead atoms. The van der Waals surface area contributed by atoms with Gasteiger partial charge in [0, 0.05) is 6.04 Å². The fourth-order valence-electron chi connectivity index (χ4n) is 3.79. The first-order chi connectivity index (χ1) is 8.69. The molecule has 1 rings (SSSR count). The molecular weight excluding hydrogens is 236 g/mol. The van der Waals surface area contributed by atoms with Gasteiger partial charge >= 0.3 is 0 Å². The second-order valence-corrected chi connectivity index (χ2v) is 7.59. The van der Waals surface area contributed by atoms with Crippen molar-refractivity contribution in [3.8, 4) is 6.07 Å². The van der Waals surface area contributed by atoms with E-state index in [1.54, 1.807) is 0 Å². The SMILES string of the molecule is CCCC(C#N)C(=O)NC1CC(C)(C)CC(C)(C)C1. The molecule has 0 aliphatic heterocycles. The third-order valence-electron chi connectivity index (χ3n) is 3.95. The van der Waals surface area contributed by atoms with Gasteiger partial charge in [0.15, 0.2) is 0 Å². The van der Waals surface area contributed by atoms with Crippen molar-refractivity contribution in [1.29, 1.82) is 5.26 Å². The van der Waals surface area contributed by atoms with Crippen LogP contribution in [0.3, 0.4) is 0 Å². The van der Waals surface area contributed by atoms with E-state index in [1.807, 2.05) is 6.92 Å². The molecule has 1 saturated carbocycles. The lowest BCUT2D eigenvalue weighted by atomic mass is 9.63. The van der Waals surface area contributed by atoms with Crippen molar-refractivity contribution in [2.24, 2.45) is 16.7 Å². The van der Waals surface area contributed by atoms with Gasteiger partial charge in [0.2, 0.25) is 5.91 Å². The summed E-state index contributed by atoms with van der Waals surface area (Å²) < 4.78 is 0. The highest BCUT2D eigenvalue weighted by atomic mass is 16.1. The maximum Gasteiger partial charge on any atom is 0.237 e. The van der Waals surface area contributed by atoms with Gasteiger partial charge in [0.1, 0.15) is 5.92 Å². The van der Waals surface area contributed by atoms with Crippen molar-refractivity contribution in [2.75, 3.05) is 0 Å². The Hall–Kier alpha value is -1.04. The van der Waals surface area contributed by atoms with E-state index >= 15 is 0 Å². The van der Waals surface area contributed by atoms with Gasteiger partial charge in [-0.3, -0.25) is 4.79 Å². The minimum Gasteiger partial charge on any atom is -0.352 e. The molecule has 3 heteroatoms. The molecule has 1 amide bonds. The number of hydrogen-bond donors (Lipinski definition) is 1. The Kier molecular flexibility index (Phi) is 5.01. The van der Waals surface area contributed by atoms with Crippen LogP contribution in [0.2, 0.25) is 0 Å². The van der Waals surface area contributed by atoms with Crippen molar-refractivity contribution in [1.82, 2.24) is 5.32 Å². The molecule has 0 aromatic rings. The van der Waals surface area contributed by atoms with Crippen LogP contribution < -0.4 is 5.32 Å². The summed E-state index contributed by atoms with van der Waals surface area (Å²) in [5.41, 5.74) is 0.513. The quantitative estimate of drug-likeness (QED) is 0.842. The van der Waals surface area contributed by atoms with Crippen molar-refractivity contribution in [2.45, 2.75) is 72.8 Å². The minimum atomic E-state index is -0.488. The second kappa shape index (κ2) is 5.94. The lowest BCUT2D eigenvalue weighted by Crippen LogP contribution is -2.47. The Morgan fingerprint density at radius 2 is 1.84 bits per heavy atom. The molecule has 0 spiro atoms. The fraction of sp³-hybridized carbons (Fsp3) is 0.875. The van der Waals surface area contributed by atoms with Crippen LogP contribution in [0.4, 0.5) is 0 Å². The van der Waals surface area contributed by atoms with Crippen molar-refractivity contribution >= 4 is 5.91 Å². The molecule has 0 saturated heterocycles. The Bertz CT molecular complexity index is 349. The molecule has 3 nitrogen and oxygen atoms in total. The summed E-state index contributed by atoms with van der Waals surface area (Å²) in [7, 11) is 0. The molecule has 1 aliphatic rings. The molecule has 0 aromatic carbocycles. The minimum absolute atomic E-state index is 0.0807. The summed E-state index contributed by atoms with van der Waals surface area (Å²) in [5, 5.41) is 12.2. The van der Waals surface area contributed by atoms with Crippen molar-refractivity contribution < 1.29 is 4.79 Å². The van der Waals surface area contributed by atoms with Gasteiger partial charge in [0.05, 0.1) is 6.07 Å². The first-order valence-electron chi connectivity index (χ1n) is 7.39. The number of nitriles is 1. The van der Waals surface area contributed by atoms with Gasteiger partial charge in [-0.15, -0.1) is 0 Å². The summed E-state index contributed by atoms with van der Waals surface area (Å²) >= 11 is 0. The Labute approximate surface area is 117 Å². The zero-order chi connectivity index (χ0) is 14.7. The standard InChI is InChI=1S/C16H28N2O/c1-6-7-12(10-17)14(19)18-13-8-15(2,3)11-16(4,5)9-13/h12-13H,6-9,11H2,1-5H3,(H,18,19). The van der Waals surface area contributed by atoms with E-state index < -0.39 is 5.92 Å². The summed E-state index contributed by atoms with van der Waals surface area (Å²) in [6.07, 6.45) is 4.72. The third-order valence-corrected chi connectivity index (χ3v) is 3.95. The topological polar surface area (TPSA) is 52.9 Å². The number of hydrogen-bond acceptors (Lipinski definition) is 2. The number of nitrogens with one attached hydrogen (secondary N) is 1. The van der Waals surface area contributed by atoms with E-state index in [-0.39, 0.29) is 22.8 Å². The average Bonchev–Trinajstić information content (AvgIpc) is 2.20. The second-order valence-electron chi connectivity index (χ2n) is 7.59. The molecule has 1 fully saturated rings. The van der Waals surface area contributed by atoms with Crippen LogP contribution in [0.5, 0.6) is 0 Å². The molecule has 108 valence electrons. The number of rotatable bonds is 4. The van der Waals surface area contributed by atoms with E-state index in [0.29, 0.717) is 6.42 Å². The fourth-order valence-corrected chi connectivity index (χ4v) is 3.79. The summed E-state index contributed by atoms with van der Waals surface area (Å²) in [6, 6.07) is 2.33. The van der Waals surface area contributed by atoms with Crippen LogP contribution in [-0.2, 0) is 4.79 Å². The number of carbonyl (C=O) groups is 1. The highest BCUT2D eigenvalue weighted by Gasteiger charge is 2.39. The lowest BCUT2D eigenvalue weighted by molar-refractivity contribution is -0.125. The molecule has 1 aliphatic carbocycles. The highest BCUT2D eigenvalue weighted by Crippen LogP contribution is 2.45. The molecule has 0 aromatic heterocycles. The third kappa shape index (κ3) is 4.86. The number of carbonyl (C=O) groups excluding carboxylic acids is 1. The van der Waals surface area contributed by atoms with Crippen LogP contribution in [0.25, 0.3) is 0 Å². The van der Waals surface area contributed by atoms with Gasteiger partial charge in [-0.2, -0.15) is 5.26 Å². The van der Waals surface area contributed by atoms with Crippen LogP contribution in [0, 0.1) is 28.1 Å². The maximum atomic E-state index is 12.1. The van der Waals surface area contributed by atoms with Gasteiger partial charge in [-0.05, 0) is 36.5 Å². The number of nitrogens with zero attached hydrogens (tertiary/aromatic N) is 1. The summed E-state index contributed by atoms with van der Waals surface area (Å²) in [4.78, 5) is 12.1. The zero-order valence-corrected chi connectivity index (χ0v) is 13.0. The molecule has 0 heterocycles. The van der Waals surface area contributed by atoms with E-state index in [4.69, 9.17) is 5.26 Å². The molecule has 1 unspecified atom stereocenters. The summed E-state index contributed by atoms with van der Waals surface area (Å²) in [6.45, 7) is 11.1. The van der Waals surface area contributed by atoms with Gasteiger partial charge in [0.25, 0.3) is 0 Å². The Morgan fingerprint density at radius 3 is 2.26 bits per heavy atom. The Balaban J connectivity index is 2.66. The van der Waals surface area contributed by atoms with Crippen LogP contribution in [0.1, 0.15) is 66.7 Å². The molecule has 19 heavy (non-hydrogen) atoms. The van der Waals surface area contributed by atoms with E-state index in [2.05, 4.69) is 39.1 Å². The van der Waals surface area contributed by atoms with Crippen molar-refractivity contribution in [3.05, 3.63) is 0 Å². The lowest BCUT2D eigenvalue weighted by Gasteiger charge is -2.45. The van der Waals surface area contributed by atoms with Crippen LogP contribution in [0.15, 0.2) is 0 Å². The molecule has 0 radical (unpaired) electrons. The van der Waals surface area contributed by atoms with Crippen LogP contribution in [-0.4, -0.2) is 11.9 Å². The Morgan fingerprint density at radius 1 is 1.32 bits per heavy atom. The van der Waals surface area contributed by atoms with Crippen molar-refractivity contribution in [3.63, 3.8) is 0 Å². The van der Waals surface area contributed by atoms with E-state index in [0.717, 1.165) is 19.3 Å². The van der Waals surface area contributed by atoms with E-state index in [9.17, 15) is 4.79 Å². The predicted molar refractivity (Wildman–Crippen MR) is 77.4 cm³/mol. The molecular formula is C16H28N2O. The first kappa shape index (κ1) is 16.0. The smallest absolute Gasteiger partial charge is 0.237 e. The average molecular weight is 264 g/mol. The zero-order valence-electron chi connectivity index (χ0n) is 13.0. The predicted octanol–water partition coefficient (Wildman–Crippen LogP) is 3.65. The highest BCUT2D eigenvalue weighted by molar-refractivity contribution is 5.81. The van der Waals surface area contributed by atoms with E-state index in [1.165, 1.54) is 6.42 Å². The largest absolute Gasteiger partial charge is 0.352 e. The van der Waals surface area contributed by atoms with Gasteiger partial charge in [-0.1, -0.05) is 41.0 Å². The normalized spacial score (nSPS) is 23.4. The van der Waals surface area contributed by atoms with Gasteiger partial charge in [-0.25, -0.2) is 0 Å². The maximum absolute atomic E-state index is 12.1.